The van der Waals surface area contributed by atoms with Crippen molar-refractivity contribution in [1.82, 2.24) is 9.62 Å². The van der Waals surface area contributed by atoms with Crippen LogP contribution in [0, 0.1) is 0 Å². The van der Waals surface area contributed by atoms with Gasteiger partial charge in [-0.05, 0) is 58.3 Å². The van der Waals surface area contributed by atoms with E-state index in [1.54, 1.807) is 53.6 Å². The van der Waals surface area contributed by atoms with Crippen molar-refractivity contribution in [3.05, 3.63) is 82.5 Å². The van der Waals surface area contributed by atoms with Crippen LogP contribution in [0.25, 0.3) is 6.08 Å². The van der Waals surface area contributed by atoms with Crippen LogP contribution < -0.4 is 4.72 Å². The van der Waals surface area contributed by atoms with Gasteiger partial charge in [-0.3, -0.25) is 4.79 Å². The van der Waals surface area contributed by atoms with Crippen LogP contribution in [-0.4, -0.2) is 26.3 Å². The van der Waals surface area contributed by atoms with E-state index in [4.69, 9.17) is 4.42 Å². The molecule has 0 saturated carbocycles. The number of likely N-dealkylation sites (N-methyl/N-ethyl adjacent to an activating group) is 1. The monoisotopic (exact) mass is 416 g/mol. The van der Waals surface area contributed by atoms with Crippen molar-refractivity contribution >= 4 is 33.3 Å². The predicted octanol–water partition coefficient (Wildman–Crippen LogP) is 3.49. The summed E-state index contributed by atoms with van der Waals surface area (Å²) < 4.78 is 32.2. The van der Waals surface area contributed by atoms with Gasteiger partial charge in [-0.1, -0.05) is 12.1 Å². The van der Waals surface area contributed by atoms with Gasteiger partial charge in [0.2, 0.25) is 15.9 Å². The molecule has 6 nitrogen and oxygen atoms in total. The summed E-state index contributed by atoms with van der Waals surface area (Å²) in [5.41, 5.74) is 1.83. The molecule has 0 aliphatic rings. The van der Waals surface area contributed by atoms with Gasteiger partial charge in [-0.2, -0.15) is 11.3 Å². The van der Waals surface area contributed by atoms with Gasteiger partial charge in [-0.15, -0.1) is 0 Å². The smallest absolute Gasteiger partial charge is 0.246 e. The van der Waals surface area contributed by atoms with E-state index in [9.17, 15) is 13.2 Å². The van der Waals surface area contributed by atoms with Crippen molar-refractivity contribution in [2.45, 2.75) is 18.0 Å². The third-order valence-electron chi connectivity index (χ3n) is 4.00. The molecule has 0 aliphatic heterocycles. The number of carbonyl (C=O) groups is 1. The van der Waals surface area contributed by atoms with Gasteiger partial charge in [0.05, 0.1) is 17.7 Å². The van der Waals surface area contributed by atoms with E-state index in [1.165, 1.54) is 24.5 Å². The summed E-state index contributed by atoms with van der Waals surface area (Å²) in [6, 6.07) is 11.7. The number of hydrogen-bond donors (Lipinski definition) is 1. The fraction of sp³-hybridized carbons (Fsp3) is 0.150. The average molecular weight is 417 g/mol. The van der Waals surface area contributed by atoms with Crippen LogP contribution in [0.1, 0.15) is 16.9 Å². The lowest BCUT2D eigenvalue weighted by Crippen LogP contribution is -2.23. The third kappa shape index (κ3) is 5.41. The Morgan fingerprint density at radius 2 is 2.00 bits per heavy atom. The molecule has 0 saturated heterocycles. The number of thiophene rings is 1. The van der Waals surface area contributed by atoms with Crippen molar-refractivity contribution in [3.8, 4) is 0 Å². The van der Waals surface area contributed by atoms with E-state index in [2.05, 4.69) is 4.72 Å². The number of benzene rings is 1. The summed E-state index contributed by atoms with van der Waals surface area (Å²) in [4.78, 5) is 14.0. The first kappa shape index (κ1) is 20.1. The fourth-order valence-corrected chi connectivity index (χ4v) is 4.10. The molecule has 3 rings (SSSR count). The maximum Gasteiger partial charge on any atom is 0.246 e. The summed E-state index contributed by atoms with van der Waals surface area (Å²) in [7, 11) is -1.89. The Labute approximate surface area is 168 Å². The van der Waals surface area contributed by atoms with Crippen LogP contribution in [0.4, 0.5) is 0 Å². The highest BCUT2D eigenvalue weighted by molar-refractivity contribution is 7.89. The van der Waals surface area contributed by atoms with E-state index < -0.39 is 10.0 Å². The summed E-state index contributed by atoms with van der Waals surface area (Å²) >= 11 is 1.59. The van der Waals surface area contributed by atoms with Crippen LogP contribution >= 0.6 is 11.3 Å². The second-order valence-electron chi connectivity index (χ2n) is 6.13. The van der Waals surface area contributed by atoms with E-state index in [-0.39, 0.29) is 17.3 Å². The van der Waals surface area contributed by atoms with E-state index in [0.717, 1.165) is 11.1 Å². The zero-order chi connectivity index (χ0) is 20.0. The van der Waals surface area contributed by atoms with Gasteiger partial charge in [0.1, 0.15) is 5.76 Å². The third-order valence-corrected chi connectivity index (χ3v) is 6.15. The van der Waals surface area contributed by atoms with Gasteiger partial charge in [0, 0.05) is 19.7 Å². The van der Waals surface area contributed by atoms with Crippen molar-refractivity contribution < 1.29 is 17.6 Å². The van der Waals surface area contributed by atoms with Gasteiger partial charge < -0.3 is 9.32 Å². The molecule has 2 heterocycles. The molecule has 0 bridgehead atoms. The SMILES string of the molecule is CN(Cc1ccsc1)C(=O)C=Cc1ccc(S(=O)(=O)NCc2ccco2)cc1. The van der Waals surface area contributed by atoms with Crippen LogP contribution in [0.5, 0.6) is 0 Å². The molecule has 8 heteroatoms. The Morgan fingerprint density at radius 1 is 1.21 bits per heavy atom. The van der Waals surface area contributed by atoms with Crippen molar-refractivity contribution in [2.24, 2.45) is 0 Å². The fourth-order valence-electron chi connectivity index (χ4n) is 2.45. The predicted molar refractivity (Wildman–Crippen MR) is 109 cm³/mol. The lowest BCUT2D eigenvalue weighted by molar-refractivity contribution is -0.125. The topological polar surface area (TPSA) is 79.6 Å². The van der Waals surface area contributed by atoms with Crippen LogP contribution in [0.15, 0.2) is 74.9 Å². The quantitative estimate of drug-likeness (QED) is 0.570. The highest BCUT2D eigenvalue weighted by Crippen LogP contribution is 2.13. The van der Waals surface area contributed by atoms with E-state index >= 15 is 0 Å². The second kappa shape index (κ2) is 9.01. The molecule has 0 atom stereocenters. The largest absolute Gasteiger partial charge is 0.468 e. The number of hydrogen-bond acceptors (Lipinski definition) is 5. The minimum atomic E-state index is -3.64. The lowest BCUT2D eigenvalue weighted by Gasteiger charge is -2.13. The van der Waals surface area contributed by atoms with Crippen molar-refractivity contribution in [1.29, 1.82) is 0 Å². The molecule has 0 fully saturated rings. The first-order chi connectivity index (χ1) is 13.4. The van der Waals surface area contributed by atoms with Gasteiger partial charge >= 0.3 is 0 Å². The molecule has 3 aromatic rings. The normalized spacial score (nSPS) is 11.8. The van der Waals surface area contributed by atoms with Crippen LogP contribution in [-0.2, 0) is 27.9 Å². The molecule has 0 spiro atoms. The Kier molecular flexibility index (Phi) is 6.45. The van der Waals surface area contributed by atoms with E-state index in [0.29, 0.717) is 12.3 Å². The number of furan rings is 1. The van der Waals surface area contributed by atoms with Crippen LogP contribution in [0.3, 0.4) is 0 Å². The number of nitrogens with one attached hydrogen (secondary N) is 1. The number of sulfonamides is 1. The lowest BCUT2D eigenvalue weighted by atomic mass is 10.2. The first-order valence-electron chi connectivity index (χ1n) is 8.50. The van der Waals surface area contributed by atoms with Gasteiger partial charge in [0.25, 0.3) is 0 Å². The number of rotatable bonds is 8. The van der Waals surface area contributed by atoms with Crippen LogP contribution in [0.2, 0.25) is 0 Å². The standard InChI is InChI=1S/C20H20N2O4S2/c1-22(14-17-10-12-27-15-17)20(23)9-6-16-4-7-19(8-5-16)28(24,25)21-13-18-3-2-11-26-18/h2-12,15,21H,13-14H2,1H3. The average Bonchev–Trinajstić information content (AvgIpc) is 3.39. The molecule has 0 aliphatic carbocycles. The van der Waals surface area contributed by atoms with Gasteiger partial charge in [-0.25, -0.2) is 13.1 Å². The molecule has 1 amide bonds. The Morgan fingerprint density at radius 3 is 2.64 bits per heavy atom. The zero-order valence-electron chi connectivity index (χ0n) is 15.2. The molecular weight excluding hydrogens is 396 g/mol. The summed E-state index contributed by atoms with van der Waals surface area (Å²) in [5.74, 6) is 0.413. The maximum atomic E-state index is 12.3. The molecule has 0 radical (unpaired) electrons. The Bertz CT molecular complexity index is 1020. The minimum absolute atomic E-state index is 0.0853. The molecule has 2 aromatic heterocycles. The van der Waals surface area contributed by atoms with Crippen molar-refractivity contribution in [3.63, 3.8) is 0 Å². The van der Waals surface area contributed by atoms with Crippen molar-refractivity contribution in [2.75, 3.05) is 7.05 Å². The minimum Gasteiger partial charge on any atom is -0.468 e. The summed E-state index contributed by atoms with van der Waals surface area (Å²) in [6.45, 7) is 0.632. The van der Waals surface area contributed by atoms with Gasteiger partial charge in [0.15, 0.2) is 0 Å². The zero-order valence-corrected chi connectivity index (χ0v) is 16.9. The molecule has 146 valence electrons. The first-order valence-corrected chi connectivity index (χ1v) is 10.9. The maximum absolute atomic E-state index is 12.3. The highest BCUT2D eigenvalue weighted by Gasteiger charge is 2.14. The molecule has 0 unspecified atom stereocenters. The number of amides is 1. The van der Waals surface area contributed by atoms with E-state index in [1.807, 2.05) is 16.8 Å². The second-order valence-corrected chi connectivity index (χ2v) is 8.68. The highest BCUT2D eigenvalue weighted by atomic mass is 32.2. The summed E-state index contributed by atoms with van der Waals surface area (Å²) in [6.07, 6.45) is 4.63. The molecule has 1 aromatic carbocycles. The number of nitrogens with zero attached hydrogens (tertiary/aromatic N) is 1. The molecule has 1 N–H and O–H groups in total. The summed E-state index contributed by atoms with van der Waals surface area (Å²) in [5, 5.41) is 3.98. The Balaban J connectivity index is 1.58. The Hall–Kier alpha value is -2.68. The number of carbonyl (C=O) groups excluding carboxylic acids is 1. The molecule has 28 heavy (non-hydrogen) atoms. The molecular formula is C20H20N2O4S2.